The number of hydrogen-bond acceptors (Lipinski definition) is 2. The van der Waals surface area contributed by atoms with Crippen LogP contribution in [0.3, 0.4) is 0 Å². The average Bonchev–Trinajstić information content (AvgIpc) is 3.16. The Morgan fingerprint density at radius 2 is 1.88 bits per heavy atom. The molecule has 6 heteroatoms. The molecule has 1 aromatic carbocycles. The molecule has 1 aromatic rings. The molecule has 0 aromatic heterocycles. The van der Waals surface area contributed by atoms with Crippen molar-refractivity contribution in [3.05, 3.63) is 69.2 Å². The number of rotatable bonds is 5. The second kappa shape index (κ2) is 6.75. The number of amides is 2. The smallest absolute Gasteiger partial charge is 0.236 e. The van der Waals surface area contributed by atoms with Crippen LogP contribution in [0.5, 0.6) is 0 Å². The zero-order valence-corrected chi connectivity index (χ0v) is 16.6. The predicted octanol–water partition coefficient (Wildman–Crippen LogP) is 4.97. The largest absolute Gasteiger partial charge is 0.278 e. The molecule has 130 valence electrons. The summed E-state index contributed by atoms with van der Waals surface area (Å²) >= 11 is 15.3. The Morgan fingerprint density at radius 1 is 1.24 bits per heavy atom. The average molecular weight is 441 g/mol. The molecule has 2 aliphatic rings. The minimum atomic E-state index is -0.653. The van der Waals surface area contributed by atoms with Gasteiger partial charge in [0.1, 0.15) is 0 Å². The van der Waals surface area contributed by atoms with Crippen LogP contribution in [0.4, 0.5) is 0 Å². The van der Waals surface area contributed by atoms with Crippen LogP contribution >= 0.6 is 39.1 Å². The summed E-state index contributed by atoms with van der Waals surface area (Å²) in [5.41, 5.74) is 0.367. The lowest BCUT2D eigenvalue weighted by molar-refractivity contribution is -0.142. The summed E-state index contributed by atoms with van der Waals surface area (Å²) in [5.74, 6) is -0.623. The highest BCUT2D eigenvalue weighted by Gasteiger charge is 2.76. The van der Waals surface area contributed by atoms with Gasteiger partial charge in [0.25, 0.3) is 0 Å². The molecule has 0 radical (unpaired) electrons. The molecule has 1 saturated heterocycles. The van der Waals surface area contributed by atoms with Crippen molar-refractivity contribution in [2.24, 2.45) is 11.3 Å². The van der Waals surface area contributed by atoms with Gasteiger partial charge in [-0.25, -0.2) is 0 Å². The number of hydrogen-bond donors (Lipinski definition) is 0. The van der Waals surface area contributed by atoms with Crippen LogP contribution in [0.1, 0.15) is 18.4 Å². The molecule has 3 rings (SSSR count). The van der Waals surface area contributed by atoms with Crippen LogP contribution in [0.25, 0.3) is 0 Å². The first-order chi connectivity index (χ1) is 11.8. The van der Waals surface area contributed by atoms with E-state index in [-0.39, 0.29) is 30.2 Å². The molecular weight excluding hydrogens is 425 g/mol. The molecule has 25 heavy (non-hydrogen) atoms. The Bertz CT molecular complexity index is 815. The van der Waals surface area contributed by atoms with E-state index < -0.39 is 5.41 Å². The number of piperidine rings is 1. The Labute approximate surface area is 165 Å². The number of fused-ring (bicyclic) bond motifs is 1. The van der Waals surface area contributed by atoms with Crippen LogP contribution in [-0.4, -0.2) is 23.3 Å². The fraction of sp³-hybridized carbons (Fsp3) is 0.263. The lowest BCUT2D eigenvalue weighted by Crippen LogP contribution is -2.36. The molecule has 0 bridgehead atoms. The minimum absolute atomic E-state index is 0.0496. The summed E-state index contributed by atoms with van der Waals surface area (Å²) in [6.07, 6.45) is 4.59. The SMILES string of the molecule is C=C/C(Cl)=C\C(Cl)=C/CN1C(=O)[C@@H]2[C@H](c3ccc(Br)cc3)[C@]2(C)C1=O. The van der Waals surface area contributed by atoms with Crippen molar-refractivity contribution in [2.75, 3.05) is 6.54 Å². The molecule has 3 atom stereocenters. The highest BCUT2D eigenvalue weighted by atomic mass is 79.9. The van der Waals surface area contributed by atoms with Crippen molar-refractivity contribution in [3.63, 3.8) is 0 Å². The van der Waals surface area contributed by atoms with Gasteiger partial charge in [-0.05, 0) is 36.8 Å². The number of halogens is 3. The molecular formula is C19H16BrCl2NO2. The van der Waals surface area contributed by atoms with Crippen LogP contribution < -0.4 is 0 Å². The van der Waals surface area contributed by atoms with Gasteiger partial charge in [0.15, 0.2) is 0 Å². The fourth-order valence-electron chi connectivity index (χ4n) is 3.55. The highest BCUT2D eigenvalue weighted by molar-refractivity contribution is 9.10. The van der Waals surface area contributed by atoms with Gasteiger partial charge in [0.05, 0.1) is 11.3 Å². The van der Waals surface area contributed by atoms with Gasteiger partial charge in [0, 0.05) is 27.0 Å². The Balaban J connectivity index is 1.76. The first kappa shape index (κ1) is 18.4. The number of nitrogens with zero attached hydrogens (tertiary/aromatic N) is 1. The molecule has 0 unspecified atom stereocenters. The summed E-state index contributed by atoms with van der Waals surface area (Å²) < 4.78 is 0.970. The Kier molecular flexibility index (Phi) is 4.97. The van der Waals surface area contributed by atoms with Crippen molar-refractivity contribution < 1.29 is 9.59 Å². The topological polar surface area (TPSA) is 37.4 Å². The maximum absolute atomic E-state index is 12.8. The minimum Gasteiger partial charge on any atom is -0.278 e. The van der Waals surface area contributed by atoms with Gasteiger partial charge in [-0.15, -0.1) is 0 Å². The number of allylic oxidation sites excluding steroid dienone is 4. The third-order valence-electron chi connectivity index (χ3n) is 4.92. The summed E-state index contributed by atoms with van der Waals surface area (Å²) in [5, 5.41) is 0.756. The Hall–Kier alpha value is -1.36. The second-order valence-electron chi connectivity index (χ2n) is 6.37. The molecule has 2 fully saturated rings. The van der Waals surface area contributed by atoms with E-state index in [4.69, 9.17) is 23.2 Å². The fourth-order valence-corrected chi connectivity index (χ4v) is 4.17. The van der Waals surface area contributed by atoms with Gasteiger partial charge >= 0.3 is 0 Å². The van der Waals surface area contributed by atoms with Crippen molar-refractivity contribution >= 4 is 50.9 Å². The third-order valence-corrected chi connectivity index (χ3v) is 5.98. The molecule has 2 amide bonds. The van der Waals surface area contributed by atoms with E-state index in [1.54, 1.807) is 6.08 Å². The molecule has 1 aliphatic heterocycles. The molecule has 1 saturated carbocycles. The van der Waals surface area contributed by atoms with Gasteiger partial charge < -0.3 is 0 Å². The van der Waals surface area contributed by atoms with E-state index in [0.29, 0.717) is 10.1 Å². The summed E-state index contributed by atoms with van der Waals surface area (Å²) in [6.45, 7) is 5.55. The summed E-state index contributed by atoms with van der Waals surface area (Å²) in [7, 11) is 0. The number of carbonyl (C=O) groups is 2. The van der Waals surface area contributed by atoms with Crippen molar-refractivity contribution in [1.82, 2.24) is 4.90 Å². The number of imide groups is 1. The molecule has 3 nitrogen and oxygen atoms in total. The van der Waals surface area contributed by atoms with E-state index in [9.17, 15) is 9.59 Å². The molecule has 0 N–H and O–H groups in total. The zero-order valence-electron chi connectivity index (χ0n) is 13.5. The normalized spacial score (nSPS) is 29.0. The maximum Gasteiger partial charge on any atom is 0.236 e. The number of likely N-dealkylation sites (tertiary alicyclic amines) is 1. The Morgan fingerprint density at radius 3 is 2.40 bits per heavy atom. The first-order valence-electron chi connectivity index (χ1n) is 7.77. The van der Waals surface area contributed by atoms with Gasteiger partial charge in [0.2, 0.25) is 11.8 Å². The van der Waals surface area contributed by atoms with E-state index in [1.165, 1.54) is 17.1 Å². The van der Waals surface area contributed by atoms with Crippen LogP contribution in [0.15, 0.2) is 63.6 Å². The standard InChI is InChI=1S/C19H16BrCl2NO2/c1-3-13(21)10-14(22)8-9-23-17(24)16-15(19(16,2)18(23)25)11-4-6-12(20)7-5-11/h3-8,10,15-16H,1,9H2,2H3/b13-10+,14-8+/t15-,16-,19-/m0/s1. The summed E-state index contributed by atoms with van der Waals surface area (Å²) in [6, 6.07) is 7.78. The lowest BCUT2D eigenvalue weighted by Gasteiger charge is -2.19. The lowest BCUT2D eigenvalue weighted by atomic mass is 10.00. The number of benzene rings is 1. The predicted molar refractivity (Wildman–Crippen MR) is 103 cm³/mol. The van der Waals surface area contributed by atoms with E-state index >= 15 is 0 Å². The third kappa shape index (κ3) is 3.12. The summed E-state index contributed by atoms with van der Waals surface area (Å²) in [4.78, 5) is 26.7. The van der Waals surface area contributed by atoms with Crippen molar-refractivity contribution in [1.29, 1.82) is 0 Å². The zero-order chi connectivity index (χ0) is 18.4. The first-order valence-corrected chi connectivity index (χ1v) is 9.32. The van der Waals surface area contributed by atoms with E-state index in [2.05, 4.69) is 22.5 Å². The second-order valence-corrected chi connectivity index (χ2v) is 8.15. The van der Waals surface area contributed by atoms with Gasteiger partial charge in [-0.1, -0.05) is 63.9 Å². The monoisotopic (exact) mass is 439 g/mol. The van der Waals surface area contributed by atoms with Gasteiger partial charge in [-0.2, -0.15) is 0 Å². The van der Waals surface area contributed by atoms with Crippen LogP contribution in [-0.2, 0) is 9.59 Å². The van der Waals surface area contributed by atoms with E-state index in [1.807, 2.05) is 31.2 Å². The van der Waals surface area contributed by atoms with Crippen LogP contribution in [0.2, 0.25) is 0 Å². The highest BCUT2D eigenvalue weighted by Crippen LogP contribution is 2.69. The van der Waals surface area contributed by atoms with Crippen molar-refractivity contribution in [2.45, 2.75) is 12.8 Å². The van der Waals surface area contributed by atoms with Crippen LogP contribution in [0, 0.1) is 11.3 Å². The van der Waals surface area contributed by atoms with Crippen molar-refractivity contribution in [3.8, 4) is 0 Å². The number of carbonyl (C=O) groups excluding carboxylic acids is 2. The van der Waals surface area contributed by atoms with Gasteiger partial charge in [-0.3, -0.25) is 14.5 Å². The van der Waals surface area contributed by atoms with E-state index in [0.717, 1.165) is 10.0 Å². The maximum atomic E-state index is 12.8. The molecule has 0 spiro atoms. The molecule has 1 heterocycles. The molecule has 1 aliphatic carbocycles. The quantitative estimate of drug-likeness (QED) is 0.478.